The topological polar surface area (TPSA) is 76.1 Å². The molecule has 6 nitrogen and oxygen atoms in total. The van der Waals surface area contributed by atoms with Gasteiger partial charge in [-0.1, -0.05) is 18.2 Å². The van der Waals surface area contributed by atoms with Crippen LogP contribution in [0.1, 0.15) is 43.6 Å². The first-order valence-electron chi connectivity index (χ1n) is 8.96. The summed E-state index contributed by atoms with van der Waals surface area (Å²) < 4.78 is 11.3. The number of fused-ring (bicyclic) bond motifs is 1. The Balaban J connectivity index is 1.65. The average Bonchev–Trinajstić information content (AvgIpc) is 3.12. The summed E-state index contributed by atoms with van der Waals surface area (Å²) in [5.74, 6) is 0.0806. The Morgan fingerprint density at radius 3 is 2.80 bits per heavy atom. The van der Waals surface area contributed by atoms with Gasteiger partial charge in [-0.25, -0.2) is 0 Å². The molecule has 1 N–H and O–H groups in total. The summed E-state index contributed by atoms with van der Waals surface area (Å²) in [7, 11) is 0. The second-order valence-corrected chi connectivity index (χ2v) is 6.69. The molecule has 2 heterocycles. The first-order valence-corrected chi connectivity index (χ1v) is 8.96. The second-order valence-electron chi connectivity index (χ2n) is 6.69. The molecule has 0 bridgehead atoms. The van der Waals surface area contributed by atoms with Gasteiger partial charge in [0.05, 0.1) is 19.1 Å². The van der Waals surface area contributed by atoms with Crippen LogP contribution in [0.15, 0.2) is 24.3 Å². The molecule has 1 amide bonds. The van der Waals surface area contributed by atoms with Gasteiger partial charge in [0.25, 0.3) is 0 Å². The first kappa shape index (κ1) is 17.7. The fourth-order valence-electron chi connectivity index (χ4n) is 3.55. The van der Waals surface area contributed by atoms with E-state index in [0.29, 0.717) is 19.6 Å². The summed E-state index contributed by atoms with van der Waals surface area (Å²) in [6.45, 7) is 2.05. The van der Waals surface area contributed by atoms with Crippen molar-refractivity contribution in [2.75, 3.05) is 26.3 Å². The summed E-state index contributed by atoms with van der Waals surface area (Å²) in [5.41, 5.74) is 1.07. The third-order valence-corrected chi connectivity index (χ3v) is 4.90. The fourth-order valence-corrected chi connectivity index (χ4v) is 3.55. The zero-order valence-corrected chi connectivity index (χ0v) is 14.4. The Morgan fingerprint density at radius 2 is 2.04 bits per heavy atom. The maximum Gasteiger partial charge on any atom is 0.305 e. The van der Waals surface area contributed by atoms with E-state index in [9.17, 15) is 9.59 Å². The number of hydrogen-bond donors (Lipinski definition) is 1. The first-order chi connectivity index (χ1) is 12.1. The van der Waals surface area contributed by atoms with E-state index in [2.05, 4.69) is 0 Å². The van der Waals surface area contributed by atoms with Crippen molar-refractivity contribution in [3.05, 3.63) is 29.8 Å². The molecule has 1 aromatic carbocycles. The van der Waals surface area contributed by atoms with Crippen LogP contribution in [0.5, 0.6) is 5.75 Å². The predicted octanol–water partition coefficient (Wildman–Crippen LogP) is 2.43. The lowest BCUT2D eigenvalue weighted by atomic mass is 9.90. The number of carbonyl (C=O) groups is 2. The third kappa shape index (κ3) is 4.72. The van der Waals surface area contributed by atoms with Crippen LogP contribution >= 0.6 is 0 Å². The standard InChI is InChI=1S/C19H25NO5/c21-18(12-14-8-11-25-17-6-2-1-5-16(14)17)20(9-7-19(22)23)13-15-4-3-10-24-15/h1-2,5-6,14-15H,3-4,7-13H2,(H,22,23)/t14-,15+/m0/s1. The van der Waals surface area contributed by atoms with Crippen LogP contribution < -0.4 is 4.74 Å². The molecule has 0 unspecified atom stereocenters. The van der Waals surface area contributed by atoms with E-state index in [1.165, 1.54) is 0 Å². The molecular weight excluding hydrogens is 322 g/mol. The van der Waals surface area contributed by atoms with E-state index in [4.69, 9.17) is 14.6 Å². The van der Waals surface area contributed by atoms with Gasteiger partial charge in [0.15, 0.2) is 0 Å². The predicted molar refractivity (Wildman–Crippen MR) is 91.7 cm³/mol. The van der Waals surface area contributed by atoms with Crippen LogP contribution in [0.4, 0.5) is 0 Å². The van der Waals surface area contributed by atoms with Gasteiger partial charge < -0.3 is 19.5 Å². The Hall–Kier alpha value is -2.08. The fraction of sp³-hybridized carbons (Fsp3) is 0.579. The van der Waals surface area contributed by atoms with Crippen molar-refractivity contribution in [3.63, 3.8) is 0 Å². The molecule has 0 aliphatic carbocycles. The second kappa shape index (κ2) is 8.34. The minimum Gasteiger partial charge on any atom is -0.493 e. The normalized spacial score (nSPS) is 22.1. The van der Waals surface area contributed by atoms with Crippen LogP contribution in [0, 0.1) is 0 Å². The van der Waals surface area contributed by atoms with Crippen molar-refractivity contribution in [1.29, 1.82) is 0 Å². The summed E-state index contributed by atoms with van der Waals surface area (Å²) in [6.07, 6.45) is 3.10. The summed E-state index contributed by atoms with van der Waals surface area (Å²) in [6, 6.07) is 7.83. The lowest BCUT2D eigenvalue weighted by molar-refractivity contribution is -0.139. The Bertz CT molecular complexity index is 612. The van der Waals surface area contributed by atoms with Crippen molar-refractivity contribution < 1.29 is 24.2 Å². The molecule has 2 aliphatic rings. The van der Waals surface area contributed by atoms with Gasteiger partial charge in [0, 0.05) is 26.1 Å². The number of hydrogen-bond acceptors (Lipinski definition) is 4. The molecule has 0 aromatic heterocycles. The number of carbonyl (C=O) groups excluding carboxylic acids is 1. The van der Waals surface area contributed by atoms with Crippen molar-refractivity contribution in [2.45, 2.75) is 44.1 Å². The van der Waals surface area contributed by atoms with E-state index >= 15 is 0 Å². The molecule has 0 spiro atoms. The maximum atomic E-state index is 12.9. The van der Waals surface area contributed by atoms with Crippen LogP contribution in [0.3, 0.4) is 0 Å². The summed E-state index contributed by atoms with van der Waals surface area (Å²) >= 11 is 0. The monoisotopic (exact) mass is 347 g/mol. The van der Waals surface area contributed by atoms with E-state index in [1.54, 1.807) is 4.90 Å². The molecule has 0 saturated carbocycles. The minimum atomic E-state index is -0.887. The van der Waals surface area contributed by atoms with Gasteiger partial charge in [0.2, 0.25) is 5.91 Å². The summed E-state index contributed by atoms with van der Waals surface area (Å²) in [4.78, 5) is 25.5. The average molecular weight is 347 g/mol. The number of ether oxygens (including phenoxy) is 2. The molecule has 2 aliphatic heterocycles. The number of nitrogens with zero attached hydrogens (tertiary/aromatic N) is 1. The lowest BCUT2D eigenvalue weighted by Gasteiger charge is -2.29. The molecule has 2 atom stereocenters. The van der Waals surface area contributed by atoms with Crippen molar-refractivity contribution >= 4 is 11.9 Å². The van der Waals surface area contributed by atoms with Crippen LogP contribution in [0.25, 0.3) is 0 Å². The Labute approximate surface area is 147 Å². The Morgan fingerprint density at radius 1 is 1.20 bits per heavy atom. The number of carboxylic acid groups (broad SMARTS) is 1. The SMILES string of the molecule is O=C(O)CCN(C[C@H]1CCCO1)C(=O)C[C@@H]1CCOc2ccccc21. The van der Waals surface area contributed by atoms with Crippen molar-refractivity contribution in [3.8, 4) is 5.75 Å². The molecule has 3 rings (SSSR count). The number of para-hydroxylation sites is 1. The van der Waals surface area contributed by atoms with E-state index in [1.807, 2.05) is 24.3 Å². The lowest BCUT2D eigenvalue weighted by Crippen LogP contribution is -2.39. The highest BCUT2D eigenvalue weighted by Gasteiger charge is 2.28. The molecule has 6 heteroatoms. The molecule has 1 aromatic rings. The molecular formula is C19H25NO5. The minimum absolute atomic E-state index is 0.00143. The van der Waals surface area contributed by atoms with Gasteiger partial charge in [-0.2, -0.15) is 0 Å². The van der Waals surface area contributed by atoms with Crippen molar-refractivity contribution in [2.24, 2.45) is 0 Å². The van der Waals surface area contributed by atoms with Gasteiger partial charge >= 0.3 is 5.97 Å². The highest BCUT2D eigenvalue weighted by molar-refractivity contribution is 5.78. The van der Waals surface area contributed by atoms with Gasteiger partial charge in [-0.15, -0.1) is 0 Å². The van der Waals surface area contributed by atoms with Crippen LogP contribution in [0.2, 0.25) is 0 Å². The van der Waals surface area contributed by atoms with Crippen molar-refractivity contribution in [1.82, 2.24) is 4.90 Å². The quantitative estimate of drug-likeness (QED) is 0.820. The molecule has 25 heavy (non-hydrogen) atoms. The number of aliphatic carboxylic acids is 1. The molecule has 1 fully saturated rings. The van der Waals surface area contributed by atoms with E-state index < -0.39 is 5.97 Å². The third-order valence-electron chi connectivity index (χ3n) is 4.90. The highest BCUT2D eigenvalue weighted by Crippen LogP contribution is 2.35. The molecule has 0 radical (unpaired) electrons. The summed E-state index contributed by atoms with van der Waals surface area (Å²) in [5, 5.41) is 8.97. The molecule has 1 saturated heterocycles. The highest BCUT2D eigenvalue weighted by atomic mass is 16.5. The number of benzene rings is 1. The Kier molecular flexibility index (Phi) is 5.91. The maximum absolute atomic E-state index is 12.9. The number of rotatable bonds is 7. The van der Waals surface area contributed by atoms with Gasteiger partial charge in [0.1, 0.15) is 5.75 Å². The van der Waals surface area contributed by atoms with Gasteiger partial charge in [-0.05, 0) is 36.8 Å². The largest absolute Gasteiger partial charge is 0.493 e. The van der Waals surface area contributed by atoms with Crippen LogP contribution in [-0.4, -0.2) is 54.3 Å². The number of amides is 1. The zero-order valence-electron chi connectivity index (χ0n) is 14.4. The van der Waals surface area contributed by atoms with Gasteiger partial charge in [-0.3, -0.25) is 9.59 Å². The zero-order chi connectivity index (χ0) is 17.6. The smallest absolute Gasteiger partial charge is 0.305 e. The van der Waals surface area contributed by atoms with E-state index in [0.717, 1.165) is 37.2 Å². The molecule has 136 valence electrons. The van der Waals surface area contributed by atoms with Crippen LogP contribution in [-0.2, 0) is 14.3 Å². The van der Waals surface area contributed by atoms with E-state index in [-0.39, 0.29) is 30.9 Å². The number of carboxylic acids is 1.